The molecule has 17 heavy (non-hydrogen) atoms. The molecule has 0 aromatic heterocycles. The molecule has 0 aliphatic rings. The van der Waals surface area contributed by atoms with Gasteiger partial charge in [0.15, 0.2) is 0 Å². The Morgan fingerprint density at radius 2 is 2.18 bits per heavy atom. The minimum atomic E-state index is -0.483. The van der Waals surface area contributed by atoms with E-state index in [1.807, 2.05) is 6.92 Å². The largest absolute Gasteiger partial charge is 0.383 e. The van der Waals surface area contributed by atoms with Crippen molar-refractivity contribution in [2.45, 2.75) is 6.92 Å². The molecule has 1 aromatic carbocycles. The zero-order valence-electron chi connectivity index (χ0n) is 10.1. The molecule has 0 fully saturated rings. The molecule has 0 saturated heterocycles. The number of rotatable bonds is 4. The highest BCUT2D eigenvalue weighted by molar-refractivity contribution is 5.95. The van der Waals surface area contributed by atoms with Gasteiger partial charge in [-0.2, -0.15) is 0 Å². The summed E-state index contributed by atoms with van der Waals surface area (Å²) in [5.41, 5.74) is 0.734. The van der Waals surface area contributed by atoms with Crippen molar-refractivity contribution in [2.75, 3.05) is 26.0 Å². The van der Waals surface area contributed by atoms with Crippen molar-refractivity contribution in [3.8, 4) is 0 Å². The predicted octanol–water partition coefficient (Wildman–Crippen LogP) is 1.73. The van der Waals surface area contributed by atoms with Crippen molar-refractivity contribution in [3.63, 3.8) is 0 Å². The van der Waals surface area contributed by atoms with Gasteiger partial charge in [-0.05, 0) is 19.1 Å². The van der Waals surface area contributed by atoms with E-state index in [2.05, 4.69) is 5.32 Å². The van der Waals surface area contributed by atoms with Gasteiger partial charge in [-0.1, -0.05) is 0 Å². The average molecular weight is 237 g/mol. The fourth-order valence-electron chi connectivity index (χ4n) is 1.39. The summed E-state index contributed by atoms with van der Waals surface area (Å²) in [6, 6.07) is 4.29. The van der Waals surface area contributed by atoms with Gasteiger partial charge in [0.05, 0.1) is 4.92 Å². The molecule has 6 heteroatoms. The summed E-state index contributed by atoms with van der Waals surface area (Å²) < 4.78 is 0. The smallest absolute Gasteiger partial charge is 0.292 e. The van der Waals surface area contributed by atoms with Crippen LogP contribution in [0.1, 0.15) is 17.3 Å². The highest BCUT2D eigenvalue weighted by Crippen LogP contribution is 2.25. The maximum absolute atomic E-state index is 11.9. The fourth-order valence-corrected chi connectivity index (χ4v) is 1.39. The normalized spacial score (nSPS) is 9.82. The molecule has 1 amide bonds. The number of nitrogens with one attached hydrogen (secondary N) is 1. The van der Waals surface area contributed by atoms with Crippen molar-refractivity contribution in [1.82, 2.24) is 4.90 Å². The first kappa shape index (κ1) is 13.0. The van der Waals surface area contributed by atoms with Crippen molar-refractivity contribution in [2.24, 2.45) is 0 Å². The maximum Gasteiger partial charge on any atom is 0.292 e. The number of benzene rings is 1. The number of nitro groups is 1. The first-order chi connectivity index (χ1) is 8.01. The lowest BCUT2D eigenvalue weighted by atomic mass is 10.1. The van der Waals surface area contributed by atoms with E-state index in [0.29, 0.717) is 17.8 Å². The number of hydrogen-bond donors (Lipinski definition) is 1. The summed E-state index contributed by atoms with van der Waals surface area (Å²) in [5.74, 6) is -0.154. The van der Waals surface area contributed by atoms with Gasteiger partial charge in [0.1, 0.15) is 5.69 Å². The second-order valence-corrected chi connectivity index (χ2v) is 3.56. The molecular formula is C11H15N3O3. The number of anilines is 1. The molecule has 1 aromatic rings. The van der Waals surface area contributed by atoms with Crippen LogP contribution in [-0.4, -0.2) is 36.4 Å². The molecule has 1 N–H and O–H groups in total. The van der Waals surface area contributed by atoms with E-state index in [4.69, 9.17) is 0 Å². The summed E-state index contributed by atoms with van der Waals surface area (Å²) in [4.78, 5) is 23.6. The minimum Gasteiger partial charge on any atom is -0.383 e. The number of nitro benzene ring substituents is 1. The van der Waals surface area contributed by atoms with Crippen LogP contribution in [0.25, 0.3) is 0 Å². The van der Waals surface area contributed by atoms with Crippen LogP contribution in [0.5, 0.6) is 0 Å². The van der Waals surface area contributed by atoms with Crippen molar-refractivity contribution in [1.29, 1.82) is 0 Å². The van der Waals surface area contributed by atoms with Crippen molar-refractivity contribution in [3.05, 3.63) is 33.9 Å². The van der Waals surface area contributed by atoms with Gasteiger partial charge >= 0.3 is 0 Å². The van der Waals surface area contributed by atoms with Crippen LogP contribution in [0.4, 0.5) is 11.4 Å². The van der Waals surface area contributed by atoms with E-state index < -0.39 is 4.92 Å². The number of carbonyl (C=O) groups excluding carboxylic acids is 1. The lowest BCUT2D eigenvalue weighted by molar-refractivity contribution is -0.383. The van der Waals surface area contributed by atoms with Crippen molar-refractivity contribution < 1.29 is 9.72 Å². The first-order valence-corrected chi connectivity index (χ1v) is 5.23. The highest BCUT2D eigenvalue weighted by atomic mass is 16.6. The van der Waals surface area contributed by atoms with Crippen LogP contribution in [-0.2, 0) is 0 Å². The van der Waals surface area contributed by atoms with Gasteiger partial charge in [0.25, 0.3) is 11.6 Å². The SMILES string of the molecule is CCN(C)C(=O)c1ccc([N+](=O)[O-])c(NC)c1. The molecule has 0 unspecified atom stereocenters. The lowest BCUT2D eigenvalue weighted by Gasteiger charge is -2.14. The Kier molecular flexibility index (Phi) is 4.03. The second-order valence-electron chi connectivity index (χ2n) is 3.56. The molecule has 0 aliphatic carbocycles. The van der Waals surface area contributed by atoms with Gasteiger partial charge in [0.2, 0.25) is 0 Å². The Morgan fingerprint density at radius 1 is 1.53 bits per heavy atom. The number of hydrogen-bond acceptors (Lipinski definition) is 4. The van der Waals surface area contributed by atoms with E-state index in [9.17, 15) is 14.9 Å². The van der Waals surface area contributed by atoms with Crippen LogP contribution >= 0.6 is 0 Å². The summed E-state index contributed by atoms with van der Waals surface area (Å²) in [6.07, 6.45) is 0. The Hall–Kier alpha value is -2.11. The van der Waals surface area contributed by atoms with Crippen LogP contribution < -0.4 is 5.32 Å². The zero-order chi connectivity index (χ0) is 13.0. The topological polar surface area (TPSA) is 75.5 Å². The highest BCUT2D eigenvalue weighted by Gasteiger charge is 2.17. The second kappa shape index (κ2) is 5.29. The molecule has 0 atom stereocenters. The van der Waals surface area contributed by atoms with Crippen LogP contribution in [0.2, 0.25) is 0 Å². The standard InChI is InChI=1S/C11H15N3O3/c1-4-13(3)11(15)8-5-6-10(14(16)17)9(7-8)12-2/h5-7,12H,4H2,1-3H3. The van der Waals surface area contributed by atoms with E-state index in [-0.39, 0.29) is 11.6 Å². The van der Waals surface area contributed by atoms with Crippen LogP contribution in [0.15, 0.2) is 18.2 Å². The summed E-state index contributed by atoms with van der Waals surface area (Å²) in [7, 11) is 3.27. The van der Waals surface area contributed by atoms with Gasteiger partial charge in [-0.3, -0.25) is 14.9 Å². The zero-order valence-corrected chi connectivity index (χ0v) is 10.1. The Labute approximate surface area is 99.4 Å². The van der Waals surface area contributed by atoms with Crippen molar-refractivity contribution >= 4 is 17.3 Å². The van der Waals surface area contributed by atoms with E-state index in [1.54, 1.807) is 19.0 Å². The Morgan fingerprint density at radius 3 is 2.65 bits per heavy atom. The monoisotopic (exact) mass is 237 g/mol. The molecule has 0 aliphatic heterocycles. The summed E-state index contributed by atoms with van der Waals surface area (Å²) in [6.45, 7) is 2.45. The Balaban J connectivity index is 3.13. The summed E-state index contributed by atoms with van der Waals surface area (Å²) >= 11 is 0. The minimum absolute atomic E-state index is 0.0387. The van der Waals surface area contributed by atoms with E-state index >= 15 is 0 Å². The molecule has 0 saturated carbocycles. The van der Waals surface area contributed by atoms with Crippen LogP contribution in [0.3, 0.4) is 0 Å². The number of carbonyl (C=O) groups is 1. The maximum atomic E-state index is 11.9. The Bertz CT molecular complexity index is 446. The molecule has 0 bridgehead atoms. The van der Waals surface area contributed by atoms with Gasteiger partial charge < -0.3 is 10.2 Å². The molecule has 92 valence electrons. The van der Waals surface area contributed by atoms with E-state index in [1.165, 1.54) is 18.2 Å². The molecule has 1 rings (SSSR count). The summed E-state index contributed by atoms with van der Waals surface area (Å²) in [5, 5.41) is 13.4. The lowest BCUT2D eigenvalue weighted by Crippen LogP contribution is -2.26. The molecular weight excluding hydrogens is 222 g/mol. The van der Waals surface area contributed by atoms with Gasteiger partial charge in [-0.15, -0.1) is 0 Å². The van der Waals surface area contributed by atoms with Crippen LogP contribution in [0, 0.1) is 10.1 Å². The average Bonchev–Trinajstić information content (AvgIpc) is 2.35. The molecule has 0 radical (unpaired) electrons. The third kappa shape index (κ3) is 2.72. The van der Waals surface area contributed by atoms with Gasteiger partial charge in [-0.25, -0.2) is 0 Å². The number of nitrogens with zero attached hydrogens (tertiary/aromatic N) is 2. The first-order valence-electron chi connectivity index (χ1n) is 5.23. The third-order valence-corrected chi connectivity index (χ3v) is 2.53. The molecule has 6 nitrogen and oxygen atoms in total. The third-order valence-electron chi connectivity index (χ3n) is 2.53. The van der Waals surface area contributed by atoms with E-state index in [0.717, 1.165) is 0 Å². The quantitative estimate of drug-likeness (QED) is 0.639. The predicted molar refractivity (Wildman–Crippen MR) is 65.3 cm³/mol. The molecule has 0 heterocycles. The molecule has 0 spiro atoms. The fraction of sp³-hybridized carbons (Fsp3) is 0.364. The van der Waals surface area contributed by atoms with Gasteiger partial charge in [0, 0.05) is 32.3 Å². The number of amides is 1.